The zero-order chi connectivity index (χ0) is 23.6. The highest BCUT2D eigenvalue weighted by Crippen LogP contribution is 2.18. The molecule has 0 aromatic heterocycles. The Bertz CT molecular complexity index is 835. The van der Waals surface area contributed by atoms with Crippen LogP contribution in [0.15, 0.2) is 30.4 Å². The van der Waals surface area contributed by atoms with Gasteiger partial charge in [-0.05, 0) is 25.1 Å². The molecule has 11 heteroatoms. The number of carbonyl (C=O) groups is 2. The number of nitrogens with zero attached hydrogens (tertiary/aromatic N) is 1. The molecule has 33 heavy (non-hydrogen) atoms. The van der Waals surface area contributed by atoms with Crippen molar-refractivity contribution in [1.29, 1.82) is 0 Å². The number of benzene rings is 1. The first kappa shape index (κ1) is 25.0. The zero-order valence-corrected chi connectivity index (χ0v) is 18.3. The molecule has 2 heterocycles. The van der Waals surface area contributed by atoms with Crippen LogP contribution in [0.3, 0.4) is 0 Å². The van der Waals surface area contributed by atoms with Crippen LogP contribution in [-0.4, -0.2) is 86.2 Å². The second-order valence-corrected chi connectivity index (χ2v) is 7.89. The Kier molecular flexibility index (Phi) is 9.55. The van der Waals surface area contributed by atoms with Crippen molar-refractivity contribution >= 4 is 17.6 Å². The summed E-state index contributed by atoms with van der Waals surface area (Å²) in [5, 5.41) is 17.3. The second kappa shape index (κ2) is 12.6. The minimum absolute atomic E-state index is 0.0813. The highest BCUT2D eigenvalue weighted by Gasteiger charge is 2.29. The van der Waals surface area contributed by atoms with Crippen LogP contribution in [0, 0.1) is 11.6 Å². The maximum absolute atomic E-state index is 13.7. The largest absolute Gasteiger partial charge is 0.394 e. The van der Waals surface area contributed by atoms with Crippen molar-refractivity contribution in [3.05, 3.63) is 42.0 Å². The van der Waals surface area contributed by atoms with Crippen LogP contribution in [0.5, 0.6) is 0 Å². The number of aliphatic hydroxyl groups is 1. The van der Waals surface area contributed by atoms with Crippen molar-refractivity contribution in [1.82, 2.24) is 15.5 Å². The van der Waals surface area contributed by atoms with E-state index in [1.54, 1.807) is 12.2 Å². The molecule has 1 saturated heterocycles. The Labute approximate surface area is 191 Å². The van der Waals surface area contributed by atoms with Gasteiger partial charge in [-0.15, -0.1) is 0 Å². The number of urea groups is 1. The summed E-state index contributed by atoms with van der Waals surface area (Å²) in [7, 11) is 0. The van der Waals surface area contributed by atoms with Crippen molar-refractivity contribution < 1.29 is 33.0 Å². The molecule has 3 rings (SSSR count). The van der Waals surface area contributed by atoms with Gasteiger partial charge in [-0.25, -0.2) is 13.6 Å². The van der Waals surface area contributed by atoms with E-state index in [0.29, 0.717) is 6.54 Å². The third kappa shape index (κ3) is 8.04. The Balaban J connectivity index is 1.41. The first-order valence-corrected chi connectivity index (χ1v) is 11.0. The molecule has 0 saturated carbocycles. The average Bonchev–Trinajstić information content (AvgIpc) is 2.81. The minimum Gasteiger partial charge on any atom is -0.394 e. The third-order valence-corrected chi connectivity index (χ3v) is 5.40. The van der Waals surface area contributed by atoms with Crippen molar-refractivity contribution in [2.24, 2.45) is 0 Å². The Morgan fingerprint density at radius 3 is 2.73 bits per heavy atom. The van der Waals surface area contributed by atoms with E-state index in [9.17, 15) is 23.5 Å². The first-order valence-electron chi connectivity index (χ1n) is 11.0. The number of hydrogen-bond donors (Lipinski definition) is 4. The molecule has 0 unspecified atom stereocenters. The van der Waals surface area contributed by atoms with Crippen LogP contribution >= 0.6 is 0 Å². The van der Waals surface area contributed by atoms with E-state index >= 15 is 0 Å². The molecular formula is C22H30F2N4O5. The maximum atomic E-state index is 13.7. The molecule has 1 aromatic carbocycles. The number of anilines is 1. The number of halogens is 2. The summed E-state index contributed by atoms with van der Waals surface area (Å²) in [6.07, 6.45) is 2.81. The van der Waals surface area contributed by atoms with Gasteiger partial charge in [0, 0.05) is 25.7 Å². The summed E-state index contributed by atoms with van der Waals surface area (Å²) in [6.45, 7) is 4.33. The molecule has 182 valence electrons. The van der Waals surface area contributed by atoms with Crippen LogP contribution in [0.25, 0.3) is 0 Å². The average molecular weight is 469 g/mol. The molecule has 0 bridgehead atoms. The van der Waals surface area contributed by atoms with E-state index in [4.69, 9.17) is 9.47 Å². The summed E-state index contributed by atoms with van der Waals surface area (Å²) in [6, 6.07) is 1.22. The fourth-order valence-corrected chi connectivity index (χ4v) is 3.65. The smallest absolute Gasteiger partial charge is 0.319 e. The molecule has 3 amide bonds. The lowest BCUT2D eigenvalue weighted by molar-refractivity contribution is -0.125. The molecule has 0 aliphatic carbocycles. The highest BCUT2D eigenvalue weighted by molar-refractivity contribution is 5.89. The number of ether oxygens (including phenoxy) is 2. The molecule has 0 spiro atoms. The standard InChI is InChI=1S/C22H30F2N4O5/c23-15-2-4-17(24)19(12-15)27-22(31)26-18-5-3-16(33-20(18)14-29)13-21(30)25-6-1-7-28-8-10-32-11-9-28/h2-5,12,16,18,20,29H,1,6-11,13-14H2,(H,25,30)(H2,26,27,31)/t16-,18+,20-/m1/s1. The summed E-state index contributed by atoms with van der Waals surface area (Å²) < 4.78 is 38.0. The summed E-state index contributed by atoms with van der Waals surface area (Å²) in [5.41, 5.74) is -0.308. The summed E-state index contributed by atoms with van der Waals surface area (Å²) in [5.74, 6) is -1.64. The van der Waals surface area contributed by atoms with E-state index in [2.05, 4.69) is 20.9 Å². The number of aliphatic hydroxyl groups excluding tert-OH is 1. The molecule has 1 fully saturated rings. The topological polar surface area (TPSA) is 112 Å². The first-order chi connectivity index (χ1) is 15.9. The number of morpholine rings is 1. The van der Waals surface area contributed by atoms with Gasteiger partial charge in [0.2, 0.25) is 5.91 Å². The summed E-state index contributed by atoms with van der Waals surface area (Å²) in [4.78, 5) is 26.7. The monoisotopic (exact) mass is 468 g/mol. The van der Waals surface area contributed by atoms with Crippen molar-refractivity contribution in [2.45, 2.75) is 31.1 Å². The van der Waals surface area contributed by atoms with Crippen molar-refractivity contribution in [2.75, 3.05) is 51.3 Å². The minimum atomic E-state index is -0.794. The molecular weight excluding hydrogens is 438 g/mol. The molecule has 4 N–H and O–H groups in total. The molecule has 2 aliphatic heterocycles. The Morgan fingerprint density at radius 2 is 1.97 bits per heavy atom. The van der Waals surface area contributed by atoms with Crippen LogP contribution < -0.4 is 16.0 Å². The van der Waals surface area contributed by atoms with Gasteiger partial charge < -0.3 is 30.5 Å². The van der Waals surface area contributed by atoms with Gasteiger partial charge in [0.25, 0.3) is 0 Å². The van der Waals surface area contributed by atoms with E-state index in [0.717, 1.165) is 57.5 Å². The number of nitrogens with one attached hydrogen (secondary N) is 3. The van der Waals surface area contributed by atoms with Gasteiger partial charge in [0.05, 0.1) is 44.1 Å². The van der Waals surface area contributed by atoms with E-state index < -0.39 is 42.5 Å². The van der Waals surface area contributed by atoms with Gasteiger partial charge in [-0.1, -0.05) is 12.2 Å². The van der Waals surface area contributed by atoms with Gasteiger partial charge in [0.1, 0.15) is 17.7 Å². The van der Waals surface area contributed by atoms with Gasteiger partial charge in [-0.3, -0.25) is 9.69 Å². The van der Waals surface area contributed by atoms with E-state index in [1.807, 2.05) is 0 Å². The van der Waals surface area contributed by atoms with E-state index in [-0.39, 0.29) is 18.0 Å². The number of amides is 3. The Hall–Kier alpha value is -2.60. The molecule has 3 atom stereocenters. The predicted molar refractivity (Wildman–Crippen MR) is 117 cm³/mol. The van der Waals surface area contributed by atoms with Gasteiger partial charge in [-0.2, -0.15) is 0 Å². The van der Waals surface area contributed by atoms with Crippen molar-refractivity contribution in [3.63, 3.8) is 0 Å². The summed E-state index contributed by atoms with van der Waals surface area (Å²) >= 11 is 0. The van der Waals surface area contributed by atoms with Crippen LogP contribution in [0.4, 0.5) is 19.3 Å². The number of rotatable bonds is 9. The molecule has 0 radical (unpaired) electrons. The fraction of sp³-hybridized carbons (Fsp3) is 0.545. The lowest BCUT2D eigenvalue weighted by Crippen LogP contribution is -2.50. The van der Waals surface area contributed by atoms with Crippen LogP contribution in [-0.2, 0) is 14.3 Å². The number of carbonyl (C=O) groups excluding carboxylic acids is 2. The Morgan fingerprint density at radius 1 is 1.18 bits per heavy atom. The normalized spacial score (nSPS) is 23.2. The van der Waals surface area contributed by atoms with Gasteiger partial charge in [0.15, 0.2) is 0 Å². The predicted octanol–water partition coefficient (Wildman–Crippen LogP) is 0.999. The molecule has 9 nitrogen and oxygen atoms in total. The lowest BCUT2D eigenvalue weighted by Gasteiger charge is -2.31. The SMILES string of the molecule is O=C(C[C@H]1C=C[C@H](NC(=O)Nc2cc(F)ccc2F)[C@@H](CO)O1)NCCCN1CCOCC1. The lowest BCUT2D eigenvalue weighted by atomic mass is 10.0. The highest BCUT2D eigenvalue weighted by atomic mass is 19.1. The van der Waals surface area contributed by atoms with E-state index in [1.165, 1.54) is 0 Å². The molecule has 1 aromatic rings. The van der Waals surface area contributed by atoms with Crippen LogP contribution in [0.1, 0.15) is 12.8 Å². The van der Waals surface area contributed by atoms with Crippen LogP contribution in [0.2, 0.25) is 0 Å². The molecule has 2 aliphatic rings. The number of hydrogen-bond acceptors (Lipinski definition) is 6. The zero-order valence-electron chi connectivity index (χ0n) is 18.3. The van der Waals surface area contributed by atoms with Gasteiger partial charge >= 0.3 is 6.03 Å². The second-order valence-electron chi connectivity index (χ2n) is 7.89. The third-order valence-electron chi connectivity index (χ3n) is 5.40. The quantitative estimate of drug-likeness (QED) is 0.318. The van der Waals surface area contributed by atoms with Crippen molar-refractivity contribution in [3.8, 4) is 0 Å². The fourth-order valence-electron chi connectivity index (χ4n) is 3.65. The maximum Gasteiger partial charge on any atom is 0.319 e.